The number of hydrogen-bond donors (Lipinski definition) is 0. The number of para-hydroxylation sites is 1. The summed E-state index contributed by atoms with van der Waals surface area (Å²) in [4.78, 5) is 10.5. The number of rotatable bonds is 5. The lowest BCUT2D eigenvalue weighted by molar-refractivity contribution is 0.112. The van der Waals surface area contributed by atoms with Crippen LogP contribution in [0.3, 0.4) is 0 Å². The largest absolute Gasteiger partial charge is 0.493 e. The van der Waals surface area contributed by atoms with Gasteiger partial charge in [0.2, 0.25) is 0 Å². The number of aldehydes is 1. The molecule has 1 aromatic rings. The van der Waals surface area contributed by atoms with Crippen LogP contribution in [0.25, 0.3) is 0 Å². The molecule has 0 radical (unpaired) electrons. The fourth-order valence-electron chi connectivity index (χ4n) is 1.21. The van der Waals surface area contributed by atoms with E-state index in [1.807, 2.05) is 13.8 Å². The van der Waals surface area contributed by atoms with Crippen LogP contribution in [0.15, 0.2) is 18.2 Å². The molecule has 0 fully saturated rings. The highest BCUT2D eigenvalue weighted by molar-refractivity contribution is 5.81. The summed E-state index contributed by atoms with van der Waals surface area (Å²) in [6.45, 7) is 5.67. The molecule has 0 unspecified atom stereocenters. The molecule has 17 heavy (non-hydrogen) atoms. The SMILES string of the molecule is CCOCC.COc1cccc(C=O)c1OC. The van der Waals surface area contributed by atoms with E-state index in [0.29, 0.717) is 17.1 Å². The van der Waals surface area contributed by atoms with Crippen molar-refractivity contribution in [3.63, 3.8) is 0 Å². The highest BCUT2D eigenvalue weighted by Crippen LogP contribution is 2.29. The lowest BCUT2D eigenvalue weighted by Crippen LogP contribution is -1.94. The van der Waals surface area contributed by atoms with Gasteiger partial charge in [0, 0.05) is 13.2 Å². The predicted molar refractivity (Wildman–Crippen MR) is 67.1 cm³/mol. The highest BCUT2D eigenvalue weighted by atomic mass is 16.5. The number of methoxy groups -OCH3 is 2. The van der Waals surface area contributed by atoms with Gasteiger partial charge in [0.05, 0.1) is 19.8 Å². The summed E-state index contributed by atoms with van der Waals surface area (Å²) in [5, 5.41) is 0. The highest BCUT2D eigenvalue weighted by Gasteiger charge is 2.07. The van der Waals surface area contributed by atoms with Gasteiger partial charge in [-0.05, 0) is 26.0 Å². The van der Waals surface area contributed by atoms with Gasteiger partial charge in [-0.2, -0.15) is 0 Å². The Hall–Kier alpha value is -1.55. The van der Waals surface area contributed by atoms with Crippen molar-refractivity contribution in [2.75, 3.05) is 27.4 Å². The molecule has 0 saturated carbocycles. The average Bonchev–Trinajstić information content (AvgIpc) is 2.39. The maximum Gasteiger partial charge on any atom is 0.171 e. The molecule has 1 rings (SSSR count). The summed E-state index contributed by atoms with van der Waals surface area (Å²) in [5.41, 5.74) is 0.497. The summed E-state index contributed by atoms with van der Waals surface area (Å²) in [6.07, 6.45) is 0.737. The van der Waals surface area contributed by atoms with Crippen molar-refractivity contribution >= 4 is 6.29 Å². The predicted octanol–water partition coefficient (Wildman–Crippen LogP) is 2.56. The molecule has 0 saturated heterocycles. The van der Waals surface area contributed by atoms with Crippen LogP contribution in [0.5, 0.6) is 11.5 Å². The van der Waals surface area contributed by atoms with E-state index in [9.17, 15) is 4.79 Å². The Morgan fingerprint density at radius 1 is 1.12 bits per heavy atom. The van der Waals surface area contributed by atoms with Crippen molar-refractivity contribution in [3.05, 3.63) is 23.8 Å². The molecule has 0 aliphatic carbocycles. The molecule has 0 aromatic heterocycles. The van der Waals surface area contributed by atoms with Crippen LogP contribution < -0.4 is 9.47 Å². The van der Waals surface area contributed by atoms with E-state index in [-0.39, 0.29) is 0 Å². The Labute approximate surface area is 102 Å². The van der Waals surface area contributed by atoms with Gasteiger partial charge in [0.25, 0.3) is 0 Å². The first-order valence-electron chi connectivity index (χ1n) is 5.48. The molecule has 0 spiro atoms. The first-order valence-corrected chi connectivity index (χ1v) is 5.48. The zero-order valence-electron chi connectivity index (χ0n) is 10.9. The molecule has 0 bridgehead atoms. The molecule has 1 aromatic carbocycles. The summed E-state index contributed by atoms with van der Waals surface area (Å²) in [7, 11) is 3.04. The Balaban J connectivity index is 0.000000437. The third kappa shape index (κ3) is 5.36. The topological polar surface area (TPSA) is 44.8 Å². The maximum atomic E-state index is 10.5. The first-order chi connectivity index (χ1) is 8.24. The molecule has 4 heteroatoms. The lowest BCUT2D eigenvalue weighted by atomic mass is 10.2. The second-order valence-corrected chi connectivity index (χ2v) is 2.98. The Morgan fingerprint density at radius 2 is 1.76 bits per heavy atom. The van der Waals surface area contributed by atoms with Crippen LogP contribution in [0, 0.1) is 0 Å². The molecule has 0 N–H and O–H groups in total. The fraction of sp³-hybridized carbons (Fsp3) is 0.462. The third-order valence-electron chi connectivity index (χ3n) is 1.97. The van der Waals surface area contributed by atoms with Crippen molar-refractivity contribution in [2.45, 2.75) is 13.8 Å². The summed E-state index contributed by atoms with van der Waals surface area (Å²) >= 11 is 0. The van der Waals surface area contributed by atoms with Crippen molar-refractivity contribution < 1.29 is 19.0 Å². The standard InChI is InChI=1S/C9H10O3.C4H10O/c1-11-8-5-3-4-7(6-10)9(8)12-2;1-3-5-4-2/h3-6H,1-2H3;3-4H2,1-2H3. The van der Waals surface area contributed by atoms with Crippen molar-refractivity contribution in [3.8, 4) is 11.5 Å². The zero-order chi connectivity index (χ0) is 13.1. The second-order valence-electron chi connectivity index (χ2n) is 2.98. The van der Waals surface area contributed by atoms with E-state index in [1.54, 1.807) is 18.2 Å². The normalized spacial score (nSPS) is 8.94. The number of carbonyl (C=O) groups is 1. The Morgan fingerprint density at radius 3 is 2.12 bits per heavy atom. The zero-order valence-corrected chi connectivity index (χ0v) is 10.9. The molecule has 0 amide bonds. The minimum atomic E-state index is 0.481. The number of carbonyl (C=O) groups excluding carboxylic acids is 1. The molecule has 0 aliphatic heterocycles. The fourth-order valence-corrected chi connectivity index (χ4v) is 1.21. The Bertz CT molecular complexity index is 321. The van der Waals surface area contributed by atoms with Gasteiger partial charge >= 0.3 is 0 Å². The van der Waals surface area contributed by atoms with Crippen molar-refractivity contribution in [1.82, 2.24) is 0 Å². The average molecular weight is 240 g/mol. The van der Waals surface area contributed by atoms with E-state index in [1.165, 1.54) is 14.2 Å². The van der Waals surface area contributed by atoms with Gasteiger partial charge in [-0.15, -0.1) is 0 Å². The summed E-state index contributed by atoms with van der Waals surface area (Å²) < 4.78 is 14.8. The van der Waals surface area contributed by atoms with E-state index in [2.05, 4.69) is 0 Å². The summed E-state index contributed by atoms with van der Waals surface area (Å²) in [5.74, 6) is 1.05. The second kappa shape index (κ2) is 9.66. The minimum absolute atomic E-state index is 0.481. The Kier molecular flexibility index (Phi) is 8.78. The van der Waals surface area contributed by atoms with E-state index in [0.717, 1.165) is 19.5 Å². The van der Waals surface area contributed by atoms with Gasteiger partial charge in [0.15, 0.2) is 17.8 Å². The van der Waals surface area contributed by atoms with Crippen LogP contribution >= 0.6 is 0 Å². The molecule has 0 aliphatic rings. The van der Waals surface area contributed by atoms with E-state index >= 15 is 0 Å². The van der Waals surface area contributed by atoms with Gasteiger partial charge in [-0.3, -0.25) is 4.79 Å². The smallest absolute Gasteiger partial charge is 0.171 e. The van der Waals surface area contributed by atoms with E-state index < -0.39 is 0 Å². The van der Waals surface area contributed by atoms with Gasteiger partial charge in [-0.25, -0.2) is 0 Å². The minimum Gasteiger partial charge on any atom is -0.493 e. The third-order valence-corrected chi connectivity index (χ3v) is 1.97. The quantitative estimate of drug-likeness (QED) is 0.742. The van der Waals surface area contributed by atoms with Crippen molar-refractivity contribution in [1.29, 1.82) is 0 Å². The van der Waals surface area contributed by atoms with Gasteiger partial charge in [0.1, 0.15) is 0 Å². The number of benzene rings is 1. The first kappa shape index (κ1) is 15.4. The summed E-state index contributed by atoms with van der Waals surface area (Å²) in [6, 6.07) is 5.16. The van der Waals surface area contributed by atoms with Crippen LogP contribution in [-0.4, -0.2) is 33.7 Å². The molecule has 0 heterocycles. The molecular formula is C13H20O4. The van der Waals surface area contributed by atoms with Crippen LogP contribution in [-0.2, 0) is 4.74 Å². The van der Waals surface area contributed by atoms with Crippen LogP contribution in [0.2, 0.25) is 0 Å². The van der Waals surface area contributed by atoms with E-state index in [4.69, 9.17) is 14.2 Å². The molecular weight excluding hydrogens is 220 g/mol. The molecule has 96 valence electrons. The number of hydrogen-bond acceptors (Lipinski definition) is 4. The monoisotopic (exact) mass is 240 g/mol. The molecule has 0 atom stereocenters. The van der Waals surface area contributed by atoms with Gasteiger partial charge in [-0.1, -0.05) is 6.07 Å². The van der Waals surface area contributed by atoms with Crippen LogP contribution in [0.1, 0.15) is 24.2 Å². The van der Waals surface area contributed by atoms with Gasteiger partial charge < -0.3 is 14.2 Å². The van der Waals surface area contributed by atoms with Crippen molar-refractivity contribution in [2.24, 2.45) is 0 Å². The number of ether oxygens (including phenoxy) is 3. The maximum absolute atomic E-state index is 10.5. The lowest BCUT2D eigenvalue weighted by Gasteiger charge is -2.07. The van der Waals surface area contributed by atoms with Crippen LogP contribution in [0.4, 0.5) is 0 Å². The molecule has 4 nitrogen and oxygen atoms in total.